The van der Waals surface area contributed by atoms with Gasteiger partial charge in [0.15, 0.2) is 0 Å². The van der Waals surface area contributed by atoms with Crippen LogP contribution >= 0.6 is 0 Å². The summed E-state index contributed by atoms with van der Waals surface area (Å²) in [4.78, 5) is 13.2. The van der Waals surface area contributed by atoms with Crippen molar-refractivity contribution < 1.29 is 9.90 Å². The summed E-state index contributed by atoms with van der Waals surface area (Å²) < 4.78 is 0. The number of hydrogen-bond donors (Lipinski definition) is 2. The van der Waals surface area contributed by atoms with E-state index in [0.29, 0.717) is 12.6 Å². The van der Waals surface area contributed by atoms with Gasteiger partial charge in [-0.05, 0) is 25.5 Å². The van der Waals surface area contributed by atoms with Gasteiger partial charge in [0.2, 0.25) is 0 Å². The summed E-state index contributed by atoms with van der Waals surface area (Å²) in [5.41, 5.74) is 1.16. The van der Waals surface area contributed by atoms with Crippen molar-refractivity contribution in [3.05, 3.63) is 35.9 Å². The topological polar surface area (TPSA) is 52.6 Å². The Labute approximate surface area is 108 Å². The number of carboxylic acid groups (broad SMARTS) is 1. The van der Waals surface area contributed by atoms with Gasteiger partial charge in [-0.25, -0.2) is 0 Å². The lowest BCUT2D eigenvalue weighted by atomic mass is 10.1. The van der Waals surface area contributed by atoms with Crippen LogP contribution < -0.4 is 5.32 Å². The van der Waals surface area contributed by atoms with Gasteiger partial charge in [0.1, 0.15) is 6.04 Å². The summed E-state index contributed by atoms with van der Waals surface area (Å²) in [6.45, 7) is 4.28. The molecule has 4 heteroatoms. The normalized spacial score (nSPS) is 20.4. The lowest BCUT2D eigenvalue weighted by molar-refractivity contribution is -0.143. The molecule has 2 rings (SSSR count). The number of carboxylic acids is 1. The fourth-order valence-electron chi connectivity index (χ4n) is 2.12. The first-order chi connectivity index (χ1) is 8.66. The summed E-state index contributed by atoms with van der Waals surface area (Å²) in [5, 5.41) is 12.5. The SMILES string of the molecule is C[C@@H](C(=O)O)N(Cc1ccccc1)CC1CCN1. The van der Waals surface area contributed by atoms with E-state index in [9.17, 15) is 9.90 Å². The summed E-state index contributed by atoms with van der Waals surface area (Å²) in [5.74, 6) is -0.759. The minimum atomic E-state index is -0.759. The van der Waals surface area contributed by atoms with E-state index >= 15 is 0 Å². The standard InChI is InChI=1S/C14H20N2O2/c1-11(14(17)18)16(10-13-7-8-15-13)9-12-5-3-2-4-6-12/h2-6,11,13,15H,7-10H2,1H3,(H,17,18)/t11-,13?/m0/s1. The minimum absolute atomic E-state index is 0.440. The molecule has 2 N–H and O–H groups in total. The van der Waals surface area contributed by atoms with Gasteiger partial charge in [0.25, 0.3) is 0 Å². The molecule has 1 aromatic carbocycles. The van der Waals surface area contributed by atoms with Crippen molar-refractivity contribution in [1.82, 2.24) is 10.2 Å². The van der Waals surface area contributed by atoms with Crippen molar-refractivity contribution in [3.8, 4) is 0 Å². The molecule has 18 heavy (non-hydrogen) atoms. The molecule has 1 unspecified atom stereocenters. The molecule has 1 heterocycles. The molecule has 1 aliphatic heterocycles. The lowest BCUT2D eigenvalue weighted by Crippen LogP contribution is -2.53. The van der Waals surface area contributed by atoms with Gasteiger partial charge in [-0.3, -0.25) is 9.69 Å². The number of aliphatic carboxylic acids is 1. The van der Waals surface area contributed by atoms with E-state index in [2.05, 4.69) is 5.32 Å². The maximum atomic E-state index is 11.2. The molecule has 0 aromatic heterocycles. The Morgan fingerprint density at radius 2 is 2.17 bits per heavy atom. The van der Waals surface area contributed by atoms with Crippen LogP contribution in [0.15, 0.2) is 30.3 Å². The van der Waals surface area contributed by atoms with Crippen LogP contribution in [-0.2, 0) is 11.3 Å². The Bertz CT molecular complexity index is 390. The first-order valence-electron chi connectivity index (χ1n) is 6.41. The molecule has 4 nitrogen and oxygen atoms in total. The first kappa shape index (κ1) is 13.1. The highest BCUT2D eigenvalue weighted by molar-refractivity contribution is 5.72. The molecule has 0 bridgehead atoms. The number of benzene rings is 1. The van der Waals surface area contributed by atoms with Gasteiger partial charge in [-0.1, -0.05) is 30.3 Å². The number of nitrogens with one attached hydrogen (secondary N) is 1. The monoisotopic (exact) mass is 248 g/mol. The van der Waals surface area contributed by atoms with Crippen molar-refractivity contribution >= 4 is 5.97 Å². The maximum absolute atomic E-state index is 11.2. The second kappa shape index (κ2) is 5.98. The van der Waals surface area contributed by atoms with Gasteiger partial charge >= 0.3 is 5.97 Å². The van der Waals surface area contributed by atoms with Crippen molar-refractivity contribution in [1.29, 1.82) is 0 Å². The van der Waals surface area contributed by atoms with Crippen molar-refractivity contribution in [2.75, 3.05) is 13.1 Å². The van der Waals surface area contributed by atoms with E-state index < -0.39 is 12.0 Å². The molecule has 1 aromatic rings. The Hall–Kier alpha value is -1.39. The number of nitrogens with zero attached hydrogens (tertiary/aromatic N) is 1. The third-order valence-corrected chi connectivity index (χ3v) is 3.51. The Morgan fingerprint density at radius 3 is 2.67 bits per heavy atom. The van der Waals surface area contributed by atoms with E-state index in [1.165, 1.54) is 0 Å². The molecule has 0 saturated carbocycles. The van der Waals surface area contributed by atoms with Crippen LogP contribution in [0.2, 0.25) is 0 Å². The van der Waals surface area contributed by atoms with Gasteiger partial charge in [0, 0.05) is 19.1 Å². The lowest BCUT2D eigenvalue weighted by Gasteiger charge is -2.35. The Kier molecular flexibility index (Phi) is 4.33. The number of carbonyl (C=O) groups is 1. The molecule has 1 fully saturated rings. The largest absolute Gasteiger partial charge is 0.480 e. The van der Waals surface area contributed by atoms with Crippen molar-refractivity contribution in [2.45, 2.75) is 32.0 Å². The average Bonchev–Trinajstić information content (AvgIpc) is 2.32. The van der Waals surface area contributed by atoms with Crippen LogP contribution in [0.25, 0.3) is 0 Å². The molecule has 2 atom stereocenters. The highest BCUT2D eigenvalue weighted by Gasteiger charge is 2.26. The van der Waals surface area contributed by atoms with Crippen LogP contribution in [0.1, 0.15) is 18.9 Å². The fourth-order valence-corrected chi connectivity index (χ4v) is 2.12. The Balaban J connectivity index is 2.01. The van der Waals surface area contributed by atoms with E-state index in [1.807, 2.05) is 35.2 Å². The van der Waals surface area contributed by atoms with Crippen LogP contribution in [-0.4, -0.2) is 41.1 Å². The molecule has 0 amide bonds. The molecular weight excluding hydrogens is 228 g/mol. The highest BCUT2D eigenvalue weighted by atomic mass is 16.4. The molecule has 0 aliphatic carbocycles. The maximum Gasteiger partial charge on any atom is 0.320 e. The summed E-state index contributed by atoms with van der Waals surface area (Å²) >= 11 is 0. The van der Waals surface area contributed by atoms with Gasteiger partial charge in [0.05, 0.1) is 0 Å². The van der Waals surface area contributed by atoms with E-state index in [0.717, 1.165) is 25.1 Å². The third-order valence-electron chi connectivity index (χ3n) is 3.51. The molecular formula is C14H20N2O2. The van der Waals surface area contributed by atoms with Crippen LogP contribution in [0, 0.1) is 0 Å². The zero-order valence-corrected chi connectivity index (χ0v) is 10.7. The number of hydrogen-bond acceptors (Lipinski definition) is 3. The average molecular weight is 248 g/mol. The van der Waals surface area contributed by atoms with Crippen LogP contribution in [0.5, 0.6) is 0 Å². The van der Waals surface area contributed by atoms with Crippen molar-refractivity contribution in [3.63, 3.8) is 0 Å². The zero-order valence-electron chi connectivity index (χ0n) is 10.7. The highest BCUT2D eigenvalue weighted by Crippen LogP contribution is 2.12. The summed E-state index contributed by atoms with van der Waals surface area (Å²) in [6.07, 6.45) is 1.14. The van der Waals surface area contributed by atoms with Gasteiger partial charge in [-0.2, -0.15) is 0 Å². The van der Waals surface area contributed by atoms with Crippen molar-refractivity contribution in [2.24, 2.45) is 0 Å². The smallest absolute Gasteiger partial charge is 0.320 e. The van der Waals surface area contributed by atoms with Crippen LogP contribution in [0.3, 0.4) is 0 Å². The molecule has 0 radical (unpaired) electrons. The zero-order chi connectivity index (χ0) is 13.0. The third kappa shape index (κ3) is 3.31. The summed E-state index contributed by atoms with van der Waals surface area (Å²) in [7, 11) is 0. The second-order valence-electron chi connectivity index (χ2n) is 4.87. The predicted octanol–water partition coefficient (Wildman–Crippen LogP) is 1.32. The van der Waals surface area contributed by atoms with E-state index in [4.69, 9.17) is 0 Å². The fraction of sp³-hybridized carbons (Fsp3) is 0.500. The Morgan fingerprint density at radius 1 is 1.50 bits per heavy atom. The molecule has 98 valence electrons. The minimum Gasteiger partial charge on any atom is -0.480 e. The number of rotatable bonds is 6. The first-order valence-corrected chi connectivity index (χ1v) is 6.41. The quantitative estimate of drug-likeness (QED) is 0.797. The van der Waals surface area contributed by atoms with E-state index in [-0.39, 0.29) is 0 Å². The molecule has 1 saturated heterocycles. The molecule has 1 aliphatic rings. The summed E-state index contributed by atoms with van der Waals surface area (Å²) in [6, 6.07) is 10.0. The predicted molar refractivity (Wildman–Crippen MR) is 70.4 cm³/mol. The second-order valence-corrected chi connectivity index (χ2v) is 4.87. The van der Waals surface area contributed by atoms with E-state index in [1.54, 1.807) is 6.92 Å². The van der Waals surface area contributed by atoms with Crippen LogP contribution in [0.4, 0.5) is 0 Å². The van der Waals surface area contributed by atoms with Gasteiger partial charge in [-0.15, -0.1) is 0 Å². The van der Waals surface area contributed by atoms with Gasteiger partial charge < -0.3 is 10.4 Å². The molecule has 0 spiro atoms.